The van der Waals surface area contributed by atoms with Crippen molar-refractivity contribution in [1.82, 2.24) is 30.2 Å². The lowest BCUT2D eigenvalue weighted by atomic mass is 9.83. The number of benzene rings is 1. The van der Waals surface area contributed by atoms with Crippen LogP contribution >= 0.6 is 11.6 Å². The molecule has 0 spiro atoms. The number of halogens is 2. The predicted molar refractivity (Wildman–Crippen MR) is 150 cm³/mol. The van der Waals surface area contributed by atoms with E-state index in [0.29, 0.717) is 22.4 Å². The monoisotopic (exact) mass is 533 g/mol. The van der Waals surface area contributed by atoms with Crippen LogP contribution < -0.4 is 10.7 Å². The van der Waals surface area contributed by atoms with Gasteiger partial charge < -0.3 is 20.1 Å². The van der Waals surface area contributed by atoms with Crippen LogP contribution in [0.5, 0.6) is 0 Å². The summed E-state index contributed by atoms with van der Waals surface area (Å²) in [5.74, 6) is 0.292. The number of allylic oxidation sites excluding steroid dienone is 3. The third-order valence-electron chi connectivity index (χ3n) is 7.91. The molecule has 0 amide bonds. The van der Waals surface area contributed by atoms with Crippen LogP contribution in [0, 0.1) is 5.82 Å². The number of likely N-dealkylation sites (tertiary alicyclic amines) is 1. The van der Waals surface area contributed by atoms with Crippen LogP contribution in [0.25, 0.3) is 5.57 Å². The highest BCUT2D eigenvalue weighted by atomic mass is 35.5. The number of fused-ring (bicyclic) bond motifs is 1. The highest BCUT2D eigenvalue weighted by Crippen LogP contribution is 2.42. The summed E-state index contributed by atoms with van der Waals surface area (Å²) in [7, 11) is 4.27. The molecule has 1 fully saturated rings. The lowest BCUT2D eigenvalue weighted by molar-refractivity contribution is 0.134. The van der Waals surface area contributed by atoms with Crippen molar-refractivity contribution in [2.75, 3.05) is 45.6 Å². The number of nitrogens with zero attached hydrogens (tertiary/aromatic N) is 5. The largest absolute Gasteiger partial charge is 0.376 e. The molecule has 198 valence electrons. The molecule has 0 aliphatic carbocycles. The molecule has 2 aromatic rings. The Morgan fingerprint density at radius 1 is 1.08 bits per heavy atom. The Labute approximate surface area is 228 Å². The molecule has 0 saturated carbocycles. The second-order valence-corrected chi connectivity index (χ2v) is 11.3. The lowest BCUT2D eigenvalue weighted by Crippen LogP contribution is -2.45. The standard InChI is InChI=1S/C29H33ClFN7/c1-29(25-13-22(30)4-5-26(25)31)14-24(27-28(35-29)33-9-8-32-27)20-12-19(16-37(3)17-20)21-15-34-38(18-21)23-6-10-36(2)11-7-23/h4-5,8-9,12-14,17-18,23,34H,6-7,10-11,15-16H2,1-3H3,(H,33,35). The third kappa shape index (κ3) is 4.72. The Bertz CT molecular complexity index is 1370. The minimum atomic E-state index is -0.864. The van der Waals surface area contributed by atoms with Gasteiger partial charge in [-0.3, -0.25) is 4.98 Å². The molecule has 1 atom stereocenters. The number of hydrazine groups is 1. The lowest BCUT2D eigenvalue weighted by Gasteiger charge is -2.36. The summed E-state index contributed by atoms with van der Waals surface area (Å²) >= 11 is 6.28. The SMILES string of the molecule is CN1C=C(C2=CC(C)(c3cc(Cl)ccc3F)Nc3nccnc32)C=C(C2=CN(C3CCN(C)CC3)NC2)C1. The molecule has 7 nitrogen and oxygen atoms in total. The van der Waals surface area contributed by atoms with E-state index in [1.54, 1.807) is 24.5 Å². The Kier molecular flexibility index (Phi) is 6.50. The minimum absolute atomic E-state index is 0.325. The van der Waals surface area contributed by atoms with Gasteiger partial charge >= 0.3 is 0 Å². The third-order valence-corrected chi connectivity index (χ3v) is 8.15. The van der Waals surface area contributed by atoms with Crippen molar-refractivity contribution < 1.29 is 4.39 Å². The zero-order valence-corrected chi connectivity index (χ0v) is 22.8. The van der Waals surface area contributed by atoms with Crippen molar-refractivity contribution in [3.8, 4) is 0 Å². The normalized spacial score (nSPS) is 24.3. The van der Waals surface area contributed by atoms with Gasteiger partial charge in [0.05, 0.1) is 5.54 Å². The number of rotatable bonds is 4. The quantitative estimate of drug-likeness (QED) is 0.598. The molecule has 4 aliphatic heterocycles. The van der Waals surface area contributed by atoms with E-state index >= 15 is 4.39 Å². The Morgan fingerprint density at radius 3 is 2.68 bits per heavy atom. The van der Waals surface area contributed by atoms with Crippen LogP contribution in [0.1, 0.15) is 31.0 Å². The van der Waals surface area contributed by atoms with Crippen LogP contribution in [-0.4, -0.2) is 71.1 Å². The van der Waals surface area contributed by atoms with Gasteiger partial charge in [-0.15, -0.1) is 0 Å². The summed E-state index contributed by atoms with van der Waals surface area (Å²) in [5.41, 5.74) is 8.43. The molecule has 4 aliphatic rings. The molecule has 1 unspecified atom stereocenters. The van der Waals surface area contributed by atoms with Crippen LogP contribution in [0.4, 0.5) is 10.2 Å². The summed E-state index contributed by atoms with van der Waals surface area (Å²) < 4.78 is 15.1. The van der Waals surface area contributed by atoms with Gasteiger partial charge in [0.25, 0.3) is 0 Å². The minimum Gasteiger partial charge on any atom is -0.376 e. The fourth-order valence-corrected chi connectivity index (χ4v) is 6.00. The number of hydrogen-bond acceptors (Lipinski definition) is 7. The molecule has 9 heteroatoms. The van der Waals surface area contributed by atoms with Crippen molar-refractivity contribution >= 4 is 23.0 Å². The maximum atomic E-state index is 15.1. The van der Waals surface area contributed by atoms with E-state index in [2.05, 4.69) is 68.1 Å². The molecule has 0 radical (unpaired) electrons. The molecule has 1 aromatic heterocycles. The summed E-state index contributed by atoms with van der Waals surface area (Å²) in [6.45, 7) is 5.82. The average Bonchev–Trinajstić information content (AvgIpc) is 3.40. The van der Waals surface area contributed by atoms with E-state index in [-0.39, 0.29) is 5.82 Å². The fourth-order valence-electron chi connectivity index (χ4n) is 5.83. The maximum Gasteiger partial charge on any atom is 0.153 e. The number of aromatic nitrogens is 2. The van der Waals surface area contributed by atoms with E-state index in [4.69, 9.17) is 11.6 Å². The first-order valence-corrected chi connectivity index (χ1v) is 13.5. The van der Waals surface area contributed by atoms with Gasteiger partial charge in [0.2, 0.25) is 0 Å². The first-order chi connectivity index (χ1) is 18.3. The van der Waals surface area contributed by atoms with Crippen molar-refractivity contribution in [2.45, 2.75) is 31.3 Å². The average molecular weight is 534 g/mol. The van der Waals surface area contributed by atoms with Crippen LogP contribution in [0.2, 0.25) is 5.02 Å². The zero-order valence-electron chi connectivity index (χ0n) is 22.0. The number of likely N-dealkylation sites (N-methyl/N-ethyl adjacent to an activating group) is 1. The van der Waals surface area contributed by atoms with E-state index in [0.717, 1.165) is 55.9 Å². The van der Waals surface area contributed by atoms with Gasteiger partial charge in [0.15, 0.2) is 5.82 Å². The summed E-state index contributed by atoms with van der Waals surface area (Å²) in [6, 6.07) is 5.17. The molecule has 6 rings (SSSR count). The number of anilines is 1. The van der Waals surface area contributed by atoms with E-state index < -0.39 is 5.54 Å². The van der Waals surface area contributed by atoms with Crippen LogP contribution in [0.15, 0.2) is 71.9 Å². The molecule has 1 saturated heterocycles. The molecule has 0 bridgehead atoms. The summed E-state index contributed by atoms with van der Waals surface area (Å²) in [5, 5.41) is 6.20. The molecule has 2 N–H and O–H groups in total. The Morgan fingerprint density at radius 2 is 1.87 bits per heavy atom. The zero-order chi connectivity index (χ0) is 26.4. The highest BCUT2D eigenvalue weighted by molar-refractivity contribution is 6.30. The van der Waals surface area contributed by atoms with Gasteiger partial charge in [-0.25, -0.2) is 14.8 Å². The second kappa shape index (κ2) is 9.84. The summed E-state index contributed by atoms with van der Waals surface area (Å²) in [4.78, 5) is 13.8. The Balaban J connectivity index is 1.37. The van der Waals surface area contributed by atoms with Gasteiger partial charge in [-0.1, -0.05) is 11.6 Å². The smallest absolute Gasteiger partial charge is 0.153 e. The van der Waals surface area contributed by atoms with E-state index in [1.807, 2.05) is 13.0 Å². The van der Waals surface area contributed by atoms with Gasteiger partial charge in [0, 0.05) is 67.1 Å². The molecule has 5 heterocycles. The van der Waals surface area contributed by atoms with Crippen molar-refractivity contribution in [1.29, 1.82) is 0 Å². The van der Waals surface area contributed by atoms with E-state index in [1.165, 1.54) is 17.2 Å². The second-order valence-electron chi connectivity index (χ2n) is 10.9. The van der Waals surface area contributed by atoms with Crippen LogP contribution in [0.3, 0.4) is 0 Å². The predicted octanol–water partition coefficient (Wildman–Crippen LogP) is 4.55. The van der Waals surface area contributed by atoms with Gasteiger partial charge in [-0.05, 0) is 87.0 Å². The topological polar surface area (TPSA) is 59.6 Å². The van der Waals surface area contributed by atoms with E-state index in [9.17, 15) is 0 Å². The first kappa shape index (κ1) is 25.1. The number of nitrogens with one attached hydrogen (secondary N) is 2. The van der Waals surface area contributed by atoms with Crippen molar-refractivity contribution in [2.24, 2.45) is 0 Å². The molecule has 38 heavy (non-hydrogen) atoms. The van der Waals surface area contributed by atoms with Gasteiger partial charge in [-0.2, -0.15) is 0 Å². The van der Waals surface area contributed by atoms with Crippen molar-refractivity contribution in [3.63, 3.8) is 0 Å². The first-order valence-electron chi connectivity index (χ1n) is 13.1. The van der Waals surface area contributed by atoms with Crippen molar-refractivity contribution in [3.05, 3.63) is 94.0 Å². The molecule has 1 aromatic carbocycles. The maximum absolute atomic E-state index is 15.1. The Hall–Kier alpha value is -3.20. The van der Waals surface area contributed by atoms with Gasteiger partial charge in [0.1, 0.15) is 11.5 Å². The fraction of sp³-hybridized carbons (Fsp3) is 0.379. The molecular weight excluding hydrogens is 501 g/mol. The number of piperidine rings is 1. The molecular formula is C29H33ClFN7. The van der Waals surface area contributed by atoms with Crippen LogP contribution in [-0.2, 0) is 5.54 Å². The number of hydrogen-bond donors (Lipinski definition) is 2. The highest BCUT2D eigenvalue weighted by Gasteiger charge is 2.36. The summed E-state index contributed by atoms with van der Waals surface area (Å²) in [6.07, 6.45) is 14.4.